The van der Waals surface area contributed by atoms with E-state index in [4.69, 9.17) is 17.3 Å². The van der Waals surface area contributed by atoms with Crippen LogP contribution in [0, 0.1) is 0 Å². The molecule has 0 spiro atoms. The van der Waals surface area contributed by atoms with Crippen molar-refractivity contribution in [2.75, 3.05) is 12.8 Å². The van der Waals surface area contributed by atoms with Crippen LogP contribution in [0.5, 0.6) is 0 Å². The second-order valence-corrected chi connectivity index (χ2v) is 5.95. The van der Waals surface area contributed by atoms with Gasteiger partial charge < -0.3 is 5.73 Å². The molecule has 2 N–H and O–H groups in total. The van der Waals surface area contributed by atoms with Gasteiger partial charge in [0.15, 0.2) is 9.84 Å². The predicted molar refractivity (Wildman–Crippen MR) is 62.0 cm³/mol. The first-order chi connectivity index (χ1) is 6.88. The molecule has 0 fully saturated rings. The zero-order chi connectivity index (χ0) is 11.6. The number of hydrogen-bond acceptors (Lipinski definition) is 3. The normalized spacial score (nSPS) is 13.9. The van der Waals surface area contributed by atoms with E-state index in [0.29, 0.717) is 17.1 Å². The number of halogens is 1. The van der Waals surface area contributed by atoms with Gasteiger partial charge in [-0.15, -0.1) is 0 Å². The first kappa shape index (κ1) is 12.5. The largest absolute Gasteiger partial charge is 0.330 e. The first-order valence-electron chi connectivity index (χ1n) is 4.56. The summed E-state index contributed by atoms with van der Waals surface area (Å²) in [7, 11) is -3.25. The van der Waals surface area contributed by atoms with Crippen molar-refractivity contribution in [1.82, 2.24) is 0 Å². The van der Waals surface area contributed by atoms with E-state index in [1.165, 1.54) is 6.26 Å². The Morgan fingerprint density at radius 1 is 1.47 bits per heavy atom. The lowest BCUT2D eigenvalue weighted by atomic mass is 10.0. The highest BCUT2D eigenvalue weighted by Crippen LogP contribution is 2.30. The molecule has 5 heteroatoms. The SMILES string of the molecule is CC(CN)c1c(Cl)cccc1S(C)(=O)=O. The highest BCUT2D eigenvalue weighted by atomic mass is 35.5. The lowest BCUT2D eigenvalue weighted by Crippen LogP contribution is -2.13. The second-order valence-electron chi connectivity index (χ2n) is 3.56. The molecule has 0 heterocycles. The van der Waals surface area contributed by atoms with Gasteiger partial charge in [0.1, 0.15) is 0 Å². The number of hydrogen-bond donors (Lipinski definition) is 1. The third-order valence-corrected chi connectivity index (χ3v) is 3.74. The molecule has 0 aliphatic rings. The Kier molecular flexibility index (Phi) is 3.76. The summed E-state index contributed by atoms with van der Waals surface area (Å²) in [5, 5.41) is 0.455. The summed E-state index contributed by atoms with van der Waals surface area (Å²) in [5.41, 5.74) is 6.15. The van der Waals surface area contributed by atoms with Crippen LogP contribution in [0.1, 0.15) is 18.4 Å². The summed E-state index contributed by atoms with van der Waals surface area (Å²) in [4.78, 5) is 0.271. The van der Waals surface area contributed by atoms with Crippen LogP contribution in [0.25, 0.3) is 0 Å². The van der Waals surface area contributed by atoms with Crippen molar-refractivity contribution < 1.29 is 8.42 Å². The van der Waals surface area contributed by atoms with Crippen LogP contribution in [-0.4, -0.2) is 21.2 Å². The maximum atomic E-state index is 11.5. The zero-order valence-electron chi connectivity index (χ0n) is 8.70. The topological polar surface area (TPSA) is 60.2 Å². The molecule has 0 amide bonds. The van der Waals surface area contributed by atoms with E-state index in [1.807, 2.05) is 6.92 Å². The fourth-order valence-corrected chi connectivity index (χ4v) is 2.89. The van der Waals surface area contributed by atoms with Crippen LogP contribution in [0.15, 0.2) is 23.1 Å². The monoisotopic (exact) mass is 247 g/mol. The van der Waals surface area contributed by atoms with E-state index in [2.05, 4.69) is 0 Å². The van der Waals surface area contributed by atoms with Gasteiger partial charge >= 0.3 is 0 Å². The molecule has 0 radical (unpaired) electrons. The summed E-state index contributed by atoms with van der Waals surface area (Å²) in [6.45, 7) is 2.22. The first-order valence-corrected chi connectivity index (χ1v) is 6.83. The van der Waals surface area contributed by atoms with Crippen molar-refractivity contribution in [3.63, 3.8) is 0 Å². The molecule has 0 bridgehead atoms. The molecule has 0 saturated heterocycles. The summed E-state index contributed by atoms with van der Waals surface area (Å²) >= 11 is 5.99. The minimum Gasteiger partial charge on any atom is -0.330 e. The molecule has 0 aliphatic heterocycles. The van der Waals surface area contributed by atoms with Crippen LogP contribution in [0.4, 0.5) is 0 Å². The average Bonchev–Trinajstić information content (AvgIpc) is 2.15. The number of nitrogens with two attached hydrogens (primary N) is 1. The van der Waals surface area contributed by atoms with Gasteiger partial charge in [0.05, 0.1) is 4.90 Å². The fraction of sp³-hybridized carbons (Fsp3) is 0.400. The van der Waals surface area contributed by atoms with Crippen LogP contribution in [0.3, 0.4) is 0 Å². The molecule has 1 aromatic rings. The lowest BCUT2D eigenvalue weighted by Gasteiger charge is -2.15. The van der Waals surface area contributed by atoms with Gasteiger partial charge in [-0.1, -0.05) is 24.6 Å². The Morgan fingerprint density at radius 3 is 2.53 bits per heavy atom. The van der Waals surface area contributed by atoms with Gasteiger partial charge in [-0.05, 0) is 30.2 Å². The fourth-order valence-electron chi connectivity index (χ4n) is 1.44. The van der Waals surface area contributed by atoms with E-state index in [9.17, 15) is 8.42 Å². The molecule has 3 nitrogen and oxygen atoms in total. The van der Waals surface area contributed by atoms with E-state index in [1.54, 1.807) is 18.2 Å². The summed E-state index contributed by atoms with van der Waals surface area (Å²) in [5.74, 6) is -0.0663. The van der Waals surface area contributed by atoms with E-state index < -0.39 is 9.84 Å². The molecule has 15 heavy (non-hydrogen) atoms. The van der Waals surface area contributed by atoms with Gasteiger partial charge in [-0.25, -0.2) is 8.42 Å². The molecule has 0 aromatic heterocycles. The van der Waals surface area contributed by atoms with Crippen LogP contribution < -0.4 is 5.73 Å². The molecular formula is C10H14ClNO2S. The summed E-state index contributed by atoms with van der Waals surface area (Å²) in [6.07, 6.45) is 1.17. The van der Waals surface area contributed by atoms with Crippen LogP contribution in [0.2, 0.25) is 5.02 Å². The molecule has 84 valence electrons. The van der Waals surface area contributed by atoms with Crippen molar-refractivity contribution in [3.8, 4) is 0 Å². The third-order valence-electron chi connectivity index (χ3n) is 2.26. The molecule has 1 rings (SSSR count). The molecule has 1 unspecified atom stereocenters. The van der Waals surface area contributed by atoms with Crippen LogP contribution in [-0.2, 0) is 9.84 Å². The second kappa shape index (κ2) is 4.51. The van der Waals surface area contributed by atoms with E-state index in [0.717, 1.165) is 0 Å². The maximum Gasteiger partial charge on any atom is 0.175 e. The molecular weight excluding hydrogens is 234 g/mol. The van der Waals surface area contributed by atoms with Gasteiger partial charge in [-0.3, -0.25) is 0 Å². The Morgan fingerprint density at radius 2 is 2.07 bits per heavy atom. The minimum atomic E-state index is -3.25. The third kappa shape index (κ3) is 2.71. The number of benzene rings is 1. The Bertz CT molecular complexity index is 456. The van der Waals surface area contributed by atoms with Gasteiger partial charge in [0.2, 0.25) is 0 Å². The summed E-state index contributed by atoms with van der Waals surface area (Å²) < 4.78 is 23.1. The minimum absolute atomic E-state index is 0.0663. The number of rotatable bonds is 3. The van der Waals surface area contributed by atoms with E-state index in [-0.39, 0.29) is 10.8 Å². The summed E-state index contributed by atoms with van der Waals surface area (Å²) in [6, 6.07) is 4.87. The number of sulfone groups is 1. The Hall–Kier alpha value is -0.580. The highest BCUT2D eigenvalue weighted by Gasteiger charge is 2.19. The Balaban J connectivity index is 3.47. The van der Waals surface area contributed by atoms with E-state index >= 15 is 0 Å². The van der Waals surface area contributed by atoms with Gasteiger partial charge in [-0.2, -0.15) is 0 Å². The smallest absolute Gasteiger partial charge is 0.175 e. The standard InChI is InChI=1S/C10H14ClNO2S/c1-7(6-12)10-8(11)4-3-5-9(10)15(2,13)14/h3-5,7H,6,12H2,1-2H3. The van der Waals surface area contributed by atoms with Gasteiger partial charge in [0, 0.05) is 11.3 Å². The van der Waals surface area contributed by atoms with Crippen LogP contribution >= 0.6 is 11.6 Å². The van der Waals surface area contributed by atoms with Crippen molar-refractivity contribution >= 4 is 21.4 Å². The molecule has 1 atom stereocenters. The predicted octanol–water partition coefficient (Wildman–Crippen LogP) is 1.81. The molecule has 0 saturated carbocycles. The quantitative estimate of drug-likeness (QED) is 0.886. The maximum absolute atomic E-state index is 11.5. The van der Waals surface area contributed by atoms with Crippen molar-refractivity contribution in [1.29, 1.82) is 0 Å². The van der Waals surface area contributed by atoms with Gasteiger partial charge in [0.25, 0.3) is 0 Å². The average molecular weight is 248 g/mol. The molecule has 0 aliphatic carbocycles. The highest BCUT2D eigenvalue weighted by molar-refractivity contribution is 7.90. The lowest BCUT2D eigenvalue weighted by molar-refractivity contribution is 0.599. The van der Waals surface area contributed by atoms with Crippen molar-refractivity contribution in [2.24, 2.45) is 5.73 Å². The van der Waals surface area contributed by atoms with Crippen molar-refractivity contribution in [2.45, 2.75) is 17.7 Å². The molecule has 1 aromatic carbocycles. The zero-order valence-corrected chi connectivity index (χ0v) is 10.3. The Labute approximate surface area is 95.2 Å². The van der Waals surface area contributed by atoms with Crippen molar-refractivity contribution in [3.05, 3.63) is 28.8 Å².